The Bertz CT molecular complexity index is 874. The van der Waals surface area contributed by atoms with Crippen molar-refractivity contribution in [1.82, 2.24) is 9.78 Å². The predicted octanol–water partition coefficient (Wildman–Crippen LogP) is 4.03. The minimum Gasteiger partial charge on any atom is -0.397 e. The van der Waals surface area contributed by atoms with E-state index >= 15 is 0 Å². The van der Waals surface area contributed by atoms with Gasteiger partial charge in [0.15, 0.2) is 0 Å². The van der Waals surface area contributed by atoms with Gasteiger partial charge in [0.1, 0.15) is 6.73 Å². The molecular weight excluding hydrogens is 352 g/mol. The van der Waals surface area contributed by atoms with Crippen LogP contribution >= 0.6 is 0 Å². The summed E-state index contributed by atoms with van der Waals surface area (Å²) in [6, 6.07) is 17.5. The third kappa shape index (κ3) is 5.21. The van der Waals surface area contributed by atoms with Gasteiger partial charge < -0.3 is 16.2 Å². The number of benzene rings is 2. The van der Waals surface area contributed by atoms with Crippen LogP contribution in [-0.2, 0) is 17.9 Å². The summed E-state index contributed by atoms with van der Waals surface area (Å²) in [6.45, 7) is 5.88. The number of rotatable bonds is 8. The second-order valence-corrected chi connectivity index (χ2v) is 9.96. The Morgan fingerprint density at radius 2 is 1.70 bits per heavy atom. The summed E-state index contributed by atoms with van der Waals surface area (Å²) < 4.78 is 7.69. The molecule has 0 aliphatic heterocycles. The van der Waals surface area contributed by atoms with Crippen LogP contribution in [0, 0.1) is 0 Å². The van der Waals surface area contributed by atoms with Gasteiger partial charge in [-0.2, -0.15) is 5.10 Å². The number of nitrogen functional groups attached to an aromatic ring is 2. The molecule has 0 spiro atoms. The van der Waals surface area contributed by atoms with Crippen molar-refractivity contribution >= 4 is 20.2 Å². The molecular formula is C21H27N4OSi. The zero-order chi connectivity index (χ0) is 19.2. The van der Waals surface area contributed by atoms with Gasteiger partial charge in [0.25, 0.3) is 0 Å². The zero-order valence-electron chi connectivity index (χ0n) is 16.0. The quantitative estimate of drug-likeness (QED) is 0.352. The molecule has 0 aliphatic carbocycles. The lowest BCUT2D eigenvalue weighted by Gasteiger charge is -2.10. The van der Waals surface area contributed by atoms with Gasteiger partial charge in [-0.1, -0.05) is 43.4 Å². The maximum Gasteiger partial charge on any atom is 0.139 e. The summed E-state index contributed by atoms with van der Waals surface area (Å²) in [5.41, 5.74) is 17.5. The Labute approximate surface area is 162 Å². The molecule has 3 rings (SSSR count). The number of ether oxygens (including phenoxy) is 1. The molecule has 1 radical (unpaired) electrons. The molecule has 1 aromatic heterocycles. The van der Waals surface area contributed by atoms with Gasteiger partial charge in [-0.3, -0.25) is 0 Å². The van der Waals surface area contributed by atoms with Crippen molar-refractivity contribution in [2.45, 2.75) is 32.3 Å². The molecule has 4 N–H and O–H groups in total. The normalized spacial score (nSPS) is 11.2. The largest absolute Gasteiger partial charge is 0.397 e. The molecule has 2 aromatic carbocycles. The first-order valence-corrected chi connectivity index (χ1v) is 11.9. The van der Waals surface area contributed by atoms with Gasteiger partial charge in [0.05, 0.1) is 17.1 Å². The number of hydrogen-bond donors (Lipinski definition) is 2. The average molecular weight is 380 g/mol. The number of anilines is 2. The number of aromatic nitrogens is 2. The number of nitrogens with zero attached hydrogens (tertiary/aromatic N) is 2. The van der Waals surface area contributed by atoms with Crippen LogP contribution in [0.25, 0.3) is 11.3 Å². The molecule has 0 unspecified atom stereocenters. The third-order valence-corrected chi connectivity index (χ3v) is 5.69. The van der Waals surface area contributed by atoms with E-state index in [9.17, 15) is 0 Å². The van der Waals surface area contributed by atoms with Crippen molar-refractivity contribution in [3.8, 4) is 11.3 Å². The maximum atomic E-state index is 5.90. The van der Waals surface area contributed by atoms with E-state index in [4.69, 9.17) is 16.2 Å². The molecule has 0 bridgehead atoms. The Kier molecular flexibility index (Phi) is 6.31. The summed E-state index contributed by atoms with van der Waals surface area (Å²) in [6.07, 6.45) is 2.64. The SMILES string of the molecule is C[Si](C)CCOCn1nccc1-c1ccc(Cc2ccc(N)c(N)c2)cc1. The summed E-state index contributed by atoms with van der Waals surface area (Å²) >= 11 is 0. The van der Waals surface area contributed by atoms with Crippen LogP contribution < -0.4 is 11.5 Å². The lowest BCUT2D eigenvalue weighted by atomic mass is 10.0. The van der Waals surface area contributed by atoms with Crippen molar-refractivity contribution in [2.24, 2.45) is 0 Å². The summed E-state index contributed by atoms with van der Waals surface area (Å²) in [5.74, 6) is 0. The molecule has 0 fully saturated rings. The monoisotopic (exact) mass is 379 g/mol. The van der Waals surface area contributed by atoms with Gasteiger partial charge in [0, 0.05) is 21.6 Å². The van der Waals surface area contributed by atoms with Gasteiger partial charge >= 0.3 is 0 Å². The molecule has 0 amide bonds. The predicted molar refractivity (Wildman–Crippen MR) is 114 cm³/mol. The van der Waals surface area contributed by atoms with Crippen LogP contribution in [0.4, 0.5) is 11.4 Å². The molecule has 0 saturated carbocycles. The first-order valence-electron chi connectivity index (χ1n) is 9.14. The first kappa shape index (κ1) is 19.2. The Morgan fingerprint density at radius 1 is 0.963 bits per heavy atom. The van der Waals surface area contributed by atoms with E-state index in [0.717, 1.165) is 35.9 Å². The summed E-state index contributed by atoms with van der Waals surface area (Å²) in [5, 5.41) is 4.39. The zero-order valence-corrected chi connectivity index (χ0v) is 17.0. The molecule has 0 aliphatic rings. The molecule has 6 heteroatoms. The Balaban J connectivity index is 1.65. The van der Waals surface area contributed by atoms with Gasteiger partial charge in [-0.25, -0.2) is 4.68 Å². The van der Waals surface area contributed by atoms with E-state index in [-0.39, 0.29) is 8.80 Å². The fourth-order valence-corrected chi connectivity index (χ4v) is 3.42. The van der Waals surface area contributed by atoms with Gasteiger partial charge in [-0.05, 0) is 47.4 Å². The Hall–Kier alpha value is -2.57. The van der Waals surface area contributed by atoms with E-state index in [2.05, 4.69) is 42.5 Å². The summed E-state index contributed by atoms with van der Waals surface area (Å²) in [7, 11) is -0.242. The highest BCUT2D eigenvalue weighted by atomic mass is 28.3. The van der Waals surface area contributed by atoms with E-state index in [0.29, 0.717) is 18.1 Å². The molecule has 1 heterocycles. The molecule has 0 atom stereocenters. The fourth-order valence-electron chi connectivity index (χ4n) is 2.87. The van der Waals surface area contributed by atoms with Crippen LogP contribution in [0.1, 0.15) is 11.1 Å². The van der Waals surface area contributed by atoms with Gasteiger partial charge in [0.2, 0.25) is 0 Å². The average Bonchev–Trinajstić information content (AvgIpc) is 3.11. The summed E-state index contributed by atoms with van der Waals surface area (Å²) in [4.78, 5) is 0. The van der Waals surface area contributed by atoms with E-state index in [1.165, 1.54) is 5.56 Å². The molecule has 5 nitrogen and oxygen atoms in total. The molecule has 0 saturated heterocycles. The van der Waals surface area contributed by atoms with Crippen molar-refractivity contribution < 1.29 is 4.74 Å². The van der Waals surface area contributed by atoms with Crippen molar-refractivity contribution in [1.29, 1.82) is 0 Å². The van der Waals surface area contributed by atoms with E-state index in [1.54, 1.807) is 0 Å². The number of hydrogen-bond acceptors (Lipinski definition) is 4. The van der Waals surface area contributed by atoms with E-state index < -0.39 is 0 Å². The fraction of sp³-hybridized carbons (Fsp3) is 0.286. The van der Waals surface area contributed by atoms with Crippen molar-refractivity contribution in [2.75, 3.05) is 18.1 Å². The van der Waals surface area contributed by atoms with Crippen LogP contribution in [-0.4, -0.2) is 25.2 Å². The second kappa shape index (κ2) is 8.88. The van der Waals surface area contributed by atoms with Crippen molar-refractivity contribution in [3.63, 3.8) is 0 Å². The van der Waals surface area contributed by atoms with Crippen molar-refractivity contribution in [3.05, 3.63) is 65.9 Å². The smallest absolute Gasteiger partial charge is 0.139 e. The van der Waals surface area contributed by atoms with Crippen LogP contribution in [0.15, 0.2) is 54.7 Å². The third-order valence-electron chi connectivity index (χ3n) is 4.49. The topological polar surface area (TPSA) is 79.1 Å². The maximum absolute atomic E-state index is 5.90. The van der Waals surface area contributed by atoms with Crippen LogP contribution in [0.3, 0.4) is 0 Å². The lowest BCUT2D eigenvalue weighted by molar-refractivity contribution is 0.0801. The first-order chi connectivity index (χ1) is 13.0. The molecule has 3 aromatic rings. The minimum absolute atomic E-state index is 0.242. The highest BCUT2D eigenvalue weighted by Crippen LogP contribution is 2.22. The minimum atomic E-state index is -0.242. The Morgan fingerprint density at radius 3 is 2.41 bits per heavy atom. The van der Waals surface area contributed by atoms with Crippen LogP contribution in [0.5, 0.6) is 0 Å². The highest BCUT2D eigenvalue weighted by Gasteiger charge is 2.07. The second-order valence-electron chi connectivity index (χ2n) is 7.05. The lowest BCUT2D eigenvalue weighted by Crippen LogP contribution is -2.10. The number of nitrogens with two attached hydrogens (primary N) is 2. The standard InChI is InChI=1S/C21H27N4OSi/c1-27(2)12-11-26-15-25-21(9-10-24-25)18-6-3-16(4-7-18)13-17-5-8-19(22)20(23)14-17/h3-10,14H,11-13,15,22-23H2,1-2H3. The highest BCUT2D eigenvalue weighted by molar-refractivity contribution is 6.55. The van der Waals surface area contributed by atoms with Crippen LogP contribution in [0.2, 0.25) is 19.1 Å². The van der Waals surface area contributed by atoms with E-state index in [1.807, 2.05) is 35.1 Å². The van der Waals surface area contributed by atoms with Gasteiger partial charge in [-0.15, -0.1) is 0 Å². The molecule has 141 valence electrons. The molecule has 27 heavy (non-hydrogen) atoms.